The lowest BCUT2D eigenvalue weighted by atomic mass is 10.0. The fourth-order valence-electron chi connectivity index (χ4n) is 4.07. The minimum absolute atomic E-state index is 0.0335. The van der Waals surface area contributed by atoms with Gasteiger partial charge in [-0.15, -0.1) is 0 Å². The largest absolute Gasteiger partial charge is 0.506 e. The van der Waals surface area contributed by atoms with E-state index < -0.39 is 6.04 Å². The SMILES string of the molecule is CC(C)c1cccc(NC(=O)C2CCCN2C(=O)c2ccc3ccccc3c2O)c1. The van der Waals surface area contributed by atoms with Gasteiger partial charge in [0.15, 0.2) is 0 Å². The first-order chi connectivity index (χ1) is 14.5. The van der Waals surface area contributed by atoms with Crippen molar-refractivity contribution in [2.75, 3.05) is 11.9 Å². The number of benzene rings is 3. The first-order valence-corrected chi connectivity index (χ1v) is 10.4. The van der Waals surface area contributed by atoms with Crippen molar-refractivity contribution < 1.29 is 14.7 Å². The number of phenols is 1. The van der Waals surface area contributed by atoms with E-state index in [1.165, 1.54) is 0 Å². The number of hydrogen-bond donors (Lipinski definition) is 2. The molecule has 1 heterocycles. The van der Waals surface area contributed by atoms with Crippen LogP contribution in [-0.2, 0) is 4.79 Å². The Morgan fingerprint density at radius 1 is 1.07 bits per heavy atom. The Kier molecular flexibility index (Phi) is 5.44. The average molecular weight is 402 g/mol. The summed E-state index contributed by atoms with van der Waals surface area (Å²) in [5, 5.41) is 15.1. The van der Waals surface area contributed by atoms with Crippen LogP contribution >= 0.6 is 0 Å². The highest BCUT2D eigenvalue weighted by atomic mass is 16.3. The Morgan fingerprint density at radius 3 is 2.67 bits per heavy atom. The Morgan fingerprint density at radius 2 is 1.87 bits per heavy atom. The summed E-state index contributed by atoms with van der Waals surface area (Å²) in [7, 11) is 0. The number of rotatable bonds is 4. The van der Waals surface area contributed by atoms with Gasteiger partial charge in [-0.05, 0) is 47.9 Å². The number of fused-ring (bicyclic) bond motifs is 1. The molecule has 5 heteroatoms. The van der Waals surface area contributed by atoms with Crippen LogP contribution in [0.2, 0.25) is 0 Å². The van der Waals surface area contributed by atoms with Crippen LogP contribution in [0.25, 0.3) is 10.8 Å². The van der Waals surface area contributed by atoms with E-state index >= 15 is 0 Å². The van der Waals surface area contributed by atoms with Gasteiger partial charge in [0.1, 0.15) is 11.8 Å². The number of nitrogens with zero attached hydrogens (tertiary/aromatic N) is 1. The zero-order chi connectivity index (χ0) is 21.3. The van der Waals surface area contributed by atoms with Crippen LogP contribution in [0.1, 0.15) is 48.5 Å². The van der Waals surface area contributed by atoms with Crippen LogP contribution < -0.4 is 5.32 Å². The Labute approximate surface area is 176 Å². The van der Waals surface area contributed by atoms with Crippen molar-refractivity contribution in [3.05, 3.63) is 71.8 Å². The third-order valence-electron chi connectivity index (χ3n) is 5.77. The van der Waals surface area contributed by atoms with Gasteiger partial charge in [-0.25, -0.2) is 0 Å². The van der Waals surface area contributed by atoms with Crippen LogP contribution in [0.15, 0.2) is 60.7 Å². The second-order valence-electron chi connectivity index (χ2n) is 8.11. The predicted molar refractivity (Wildman–Crippen MR) is 119 cm³/mol. The van der Waals surface area contributed by atoms with Crippen molar-refractivity contribution in [3.8, 4) is 5.75 Å². The van der Waals surface area contributed by atoms with Gasteiger partial charge in [0, 0.05) is 17.6 Å². The summed E-state index contributed by atoms with van der Waals surface area (Å²) in [6.07, 6.45) is 1.36. The van der Waals surface area contributed by atoms with E-state index in [1.54, 1.807) is 17.0 Å². The second kappa shape index (κ2) is 8.19. The third kappa shape index (κ3) is 3.75. The van der Waals surface area contributed by atoms with Crippen molar-refractivity contribution in [3.63, 3.8) is 0 Å². The molecule has 0 radical (unpaired) electrons. The molecule has 3 aromatic rings. The standard InChI is InChI=1S/C25H26N2O3/c1-16(2)18-8-5-9-19(15-18)26-24(29)22-11-6-14-27(22)25(30)21-13-12-17-7-3-4-10-20(17)23(21)28/h3-5,7-10,12-13,15-16,22,28H,6,11,14H2,1-2H3,(H,26,29). The smallest absolute Gasteiger partial charge is 0.258 e. The molecule has 0 spiro atoms. The van der Waals surface area contributed by atoms with Crippen LogP contribution in [0.3, 0.4) is 0 Å². The summed E-state index contributed by atoms with van der Waals surface area (Å²) < 4.78 is 0. The molecule has 30 heavy (non-hydrogen) atoms. The lowest BCUT2D eigenvalue weighted by Crippen LogP contribution is -2.43. The molecule has 1 saturated heterocycles. The zero-order valence-corrected chi connectivity index (χ0v) is 17.3. The normalized spacial score (nSPS) is 16.2. The quantitative estimate of drug-likeness (QED) is 0.651. The van der Waals surface area contributed by atoms with Gasteiger partial charge in [-0.1, -0.05) is 56.3 Å². The molecule has 2 amide bonds. The van der Waals surface area contributed by atoms with E-state index in [0.717, 1.165) is 23.1 Å². The van der Waals surface area contributed by atoms with Gasteiger partial charge in [0.2, 0.25) is 5.91 Å². The van der Waals surface area contributed by atoms with E-state index in [2.05, 4.69) is 19.2 Å². The van der Waals surface area contributed by atoms with E-state index in [4.69, 9.17) is 0 Å². The number of aromatic hydroxyl groups is 1. The van der Waals surface area contributed by atoms with Gasteiger partial charge < -0.3 is 15.3 Å². The summed E-state index contributed by atoms with van der Waals surface area (Å²) >= 11 is 0. The first kappa shape index (κ1) is 20.0. The van der Waals surface area contributed by atoms with Crippen molar-refractivity contribution in [1.29, 1.82) is 0 Å². The zero-order valence-electron chi connectivity index (χ0n) is 17.3. The number of amides is 2. The molecular formula is C25H26N2O3. The highest BCUT2D eigenvalue weighted by Crippen LogP contribution is 2.31. The fraction of sp³-hybridized carbons (Fsp3) is 0.280. The Balaban J connectivity index is 1.56. The fourth-order valence-corrected chi connectivity index (χ4v) is 4.07. The van der Waals surface area contributed by atoms with Gasteiger partial charge in [0.05, 0.1) is 5.56 Å². The number of hydrogen-bond acceptors (Lipinski definition) is 3. The summed E-state index contributed by atoms with van der Waals surface area (Å²) in [6.45, 7) is 4.71. The second-order valence-corrected chi connectivity index (χ2v) is 8.11. The molecule has 154 valence electrons. The molecule has 0 saturated carbocycles. The molecule has 1 atom stereocenters. The minimum Gasteiger partial charge on any atom is -0.506 e. The maximum Gasteiger partial charge on any atom is 0.258 e. The molecule has 1 fully saturated rings. The Hall–Kier alpha value is -3.34. The maximum atomic E-state index is 13.2. The molecule has 2 N–H and O–H groups in total. The lowest BCUT2D eigenvalue weighted by Gasteiger charge is -2.24. The number of carbonyl (C=O) groups is 2. The number of phenolic OH excluding ortho intramolecular Hbond substituents is 1. The number of likely N-dealkylation sites (tertiary alicyclic amines) is 1. The third-order valence-corrected chi connectivity index (χ3v) is 5.77. The molecule has 3 aromatic carbocycles. The molecule has 1 aliphatic rings. The predicted octanol–water partition coefficient (Wildman–Crippen LogP) is 4.91. The van der Waals surface area contributed by atoms with Gasteiger partial charge in [-0.2, -0.15) is 0 Å². The van der Waals surface area contributed by atoms with Gasteiger partial charge in [-0.3, -0.25) is 9.59 Å². The summed E-state index contributed by atoms with van der Waals surface area (Å²) in [4.78, 5) is 27.8. The van der Waals surface area contributed by atoms with Gasteiger partial charge >= 0.3 is 0 Å². The molecule has 0 aromatic heterocycles. The summed E-state index contributed by atoms with van der Waals surface area (Å²) in [6, 6.07) is 18.1. The van der Waals surface area contributed by atoms with E-state index in [1.807, 2.05) is 48.5 Å². The van der Waals surface area contributed by atoms with Gasteiger partial charge in [0.25, 0.3) is 5.91 Å². The monoisotopic (exact) mass is 402 g/mol. The molecule has 0 aliphatic carbocycles. The minimum atomic E-state index is -0.550. The summed E-state index contributed by atoms with van der Waals surface area (Å²) in [5.74, 6) is -0.176. The van der Waals surface area contributed by atoms with E-state index in [-0.39, 0.29) is 23.1 Å². The van der Waals surface area contributed by atoms with Crippen molar-refractivity contribution in [2.45, 2.75) is 38.6 Å². The number of carbonyl (C=O) groups excluding carboxylic acids is 2. The van der Waals surface area contributed by atoms with E-state index in [9.17, 15) is 14.7 Å². The highest BCUT2D eigenvalue weighted by Gasteiger charge is 2.35. The van der Waals surface area contributed by atoms with Crippen molar-refractivity contribution in [2.24, 2.45) is 0 Å². The summed E-state index contributed by atoms with van der Waals surface area (Å²) in [5.41, 5.74) is 2.11. The van der Waals surface area contributed by atoms with Crippen LogP contribution in [-0.4, -0.2) is 34.4 Å². The Bertz CT molecular complexity index is 1110. The molecular weight excluding hydrogens is 376 g/mol. The lowest BCUT2D eigenvalue weighted by molar-refractivity contribution is -0.119. The molecule has 0 bridgehead atoms. The average Bonchev–Trinajstić information content (AvgIpc) is 3.24. The maximum absolute atomic E-state index is 13.2. The molecule has 4 rings (SSSR count). The first-order valence-electron chi connectivity index (χ1n) is 10.4. The van der Waals surface area contributed by atoms with Crippen molar-refractivity contribution >= 4 is 28.3 Å². The topological polar surface area (TPSA) is 69.6 Å². The van der Waals surface area contributed by atoms with Crippen LogP contribution in [0.5, 0.6) is 5.75 Å². The van der Waals surface area contributed by atoms with Crippen LogP contribution in [0, 0.1) is 0 Å². The number of nitrogens with one attached hydrogen (secondary N) is 1. The number of anilines is 1. The van der Waals surface area contributed by atoms with E-state index in [0.29, 0.717) is 24.3 Å². The molecule has 1 unspecified atom stereocenters. The molecule has 1 aliphatic heterocycles. The van der Waals surface area contributed by atoms with Crippen molar-refractivity contribution in [1.82, 2.24) is 4.90 Å². The highest BCUT2D eigenvalue weighted by molar-refractivity contribution is 6.06. The molecule has 5 nitrogen and oxygen atoms in total. The van der Waals surface area contributed by atoms with Crippen LogP contribution in [0.4, 0.5) is 5.69 Å².